The van der Waals surface area contributed by atoms with E-state index in [-0.39, 0.29) is 17.4 Å². The van der Waals surface area contributed by atoms with E-state index in [0.29, 0.717) is 17.8 Å². The number of rotatable bonds is 6. The van der Waals surface area contributed by atoms with Gasteiger partial charge in [0.1, 0.15) is 0 Å². The van der Waals surface area contributed by atoms with Gasteiger partial charge in [0.05, 0.1) is 5.54 Å². The molecule has 0 fully saturated rings. The Morgan fingerprint density at radius 3 is 2.10 bits per heavy atom. The Hall–Kier alpha value is -1.88. The maximum absolute atomic E-state index is 12.2. The van der Waals surface area contributed by atoms with E-state index in [2.05, 4.69) is 10.6 Å². The standard InChI is InChI=1S/C15H23N3O2/c1-4-15(5-2,10-16)18-14(20)12-6-8-13(9-7-12)17-11(3)19/h6-9H,4-5,10,16H2,1-3H3,(H,17,19)(H,18,20). The summed E-state index contributed by atoms with van der Waals surface area (Å²) < 4.78 is 0. The fraction of sp³-hybridized carbons (Fsp3) is 0.467. The molecule has 0 aliphatic carbocycles. The van der Waals surface area contributed by atoms with Crippen molar-refractivity contribution in [3.63, 3.8) is 0 Å². The minimum Gasteiger partial charge on any atom is -0.345 e. The molecule has 0 saturated carbocycles. The monoisotopic (exact) mass is 277 g/mol. The van der Waals surface area contributed by atoms with E-state index in [1.54, 1.807) is 24.3 Å². The first kappa shape index (κ1) is 16.2. The Morgan fingerprint density at radius 1 is 1.15 bits per heavy atom. The normalized spacial score (nSPS) is 11.0. The summed E-state index contributed by atoms with van der Waals surface area (Å²) in [5, 5.41) is 5.67. The van der Waals surface area contributed by atoms with Crippen LogP contribution in [0.3, 0.4) is 0 Å². The van der Waals surface area contributed by atoms with Gasteiger partial charge in [0.2, 0.25) is 5.91 Å². The summed E-state index contributed by atoms with van der Waals surface area (Å²) in [5.41, 5.74) is 6.64. The van der Waals surface area contributed by atoms with Crippen LogP contribution in [0.15, 0.2) is 24.3 Å². The number of hydrogen-bond donors (Lipinski definition) is 3. The molecule has 4 N–H and O–H groups in total. The Kier molecular flexibility index (Phi) is 5.70. The van der Waals surface area contributed by atoms with Crippen molar-refractivity contribution in [3.8, 4) is 0 Å². The third kappa shape index (κ3) is 4.06. The quantitative estimate of drug-likeness (QED) is 0.742. The van der Waals surface area contributed by atoms with Crippen LogP contribution in [0, 0.1) is 0 Å². The summed E-state index contributed by atoms with van der Waals surface area (Å²) in [6, 6.07) is 6.79. The zero-order chi connectivity index (χ0) is 15.2. The molecular weight excluding hydrogens is 254 g/mol. The molecule has 0 unspecified atom stereocenters. The van der Waals surface area contributed by atoms with Crippen LogP contribution in [0.5, 0.6) is 0 Å². The minimum absolute atomic E-state index is 0.138. The van der Waals surface area contributed by atoms with Gasteiger partial charge in [0.15, 0.2) is 0 Å². The van der Waals surface area contributed by atoms with Gasteiger partial charge in [-0.15, -0.1) is 0 Å². The van der Waals surface area contributed by atoms with Gasteiger partial charge in [-0.05, 0) is 37.1 Å². The summed E-state index contributed by atoms with van der Waals surface area (Å²) >= 11 is 0. The molecule has 110 valence electrons. The maximum Gasteiger partial charge on any atom is 0.251 e. The Balaban J connectivity index is 2.79. The molecule has 2 amide bonds. The summed E-state index contributed by atoms with van der Waals surface area (Å²) in [6.45, 7) is 5.88. The van der Waals surface area contributed by atoms with Crippen molar-refractivity contribution in [1.82, 2.24) is 5.32 Å². The van der Waals surface area contributed by atoms with Crippen LogP contribution < -0.4 is 16.4 Å². The van der Waals surface area contributed by atoms with Crippen molar-refractivity contribution >= 4 is 17.5 Å². The van der Waals surface area contributed by atoms with E-state index in [0.717, 1.165) is 12.8 Å². The molecule has 0 aliphatic heterocycles. The molecule has 1 rings (SSSR count). The van der Waals surface area contributed by atoms with Gasteiger partial charge in [-0.3, -0.25) is 9.59 Å². The minimum atomic E-state index is -0.354. The van der Waals surface area contributed by atoms with E-state index in [4.69, 9.17) is 5.73 Å². The van der Waals surface area contributed by atoms with Crippen molar-refractivity contribution < 1.29 is 9.59 Å². The molecule has 20 heavy (non-hydrogen) atoms. The van der Waals surface area contributed by atoms with Crippen LogP contribution in [0.25, 0.3) is 0 Å². The van der Waals surface area contributed by atoms with Crippen LogP contribution in [-0.2, 0) is 4.79 Å². The lowest BCUT2D eigenvalue weighted by molar-refractivity contribution is -0.114. The fourth-order valence-electron chi connectivity index (χ4n) is 1.99. The van der Waals surface area contributed by atoms with Gasteiger partial charge < -0.3 is 16.4 Å². The lowest BCUT2D eigenvalue weighted by atomic mass is 9.92. The number of benzene rings is 1. The van der Waals surface area contributed by atoms with E-state index in [1.807, 2.05) is 13.8 Å². The van der Waals surface area contributed by atoms with Crippen molar-refractivity contribution in [1.29, 1.82) is 0 Å². The first-order chi connectivity index (χ1) is 9.46. The van der Waals surface area contributed by atoms with Crippen LogP contribution in [0.2, 0.25) is 0 Å². The third-order valence-corrected chi connectivity index (χ3v) is 3.59. The zero-order valence-corrected chi connectivity index (χ0v) is 12.3. The topological polar surface area (TPSA) is 84.2 Å². The molecule has 0 aromatic heterocycles. The fourth-order valence-corrected chi connectivity index (χ4v) is 1.99. The lowest BCUT2D eigenvalue weighted by Gasteiger charge is -2.31. The zero-order valence-electron chi connectivity index (χ0n) is 12.3. The highest BCUT2D eigenvalue weighted by atomic mass is 16.2. The Bertz CT molecular complexity index is 456. The van der Waals surface area contributed by atoms with Crippen molar-refractivity contribution in [2.75, 3.05) is 11.9 Å². The summed E-state index contributed by atoms with van der Waals surface area (Å²) in [6.07, 6.45) is 1.57. The second-order valence-corrected chi connectivity index (χ2v) is 4.90. The van der Waals surface area contributed by atoms with Crippen molar-refractivity contribution in [3.05, 3.63) is 29.8 Å². The van der Waals surface area contributed by atoms with Crippen LogP contribution in [0.1, 0.15) is 44.0 Å². The number of nitrogens with two attached hydrogens (primary N) is 1. The average Bonchev–Trinajstić information content (AvgIpc) is 2.45. The van der Waals surface area contributed by atoms with Crippen LogP contribution >= 0.6 is 0 Å². The van der Waals surface area contributed by atoms with Gasteiger partial charge in [-0.1, -0.05) is 13.8 Å². The number of anilines is 1. The van der Waals surface area contributed by atoms with E-state index in [9.17, 15) is 9.59 Å². The Labute approximate surface area is 119 Å². The second-order valence-electron chi connectivity index (χ2n) is 4.90. The van der Waals surface area contributed by atoms with E-state index in [1.165, 1.54) is 6.92 Å². The van der Waals surface area contributed by atoms with Crippen LogP contribution in [-0.4, -0.2) is 23.9 Å². The molecule has 0 atom stereocenters. The molecule has 1 aromatic carbocycles. The molecule has 5 nitrogen and oxygen atoms in total. The summed E-state index contributed by atoms with van der Waals surface area (Å²) in [7, 11) is 0. The van der Waals surface area contributed by atoms with Gasteiger partial charge in [0.25, 0.3) is 5.91 Å². The molecule has 0 heterocycles. The molecule has 0 spiro atoms. The average molecular weight is 277 g/mol. The smallest absolute Gasteiger partial charge is 0.251 e. The predicted octanol–water partition coefficient (Wildman–Crippen LogP) is 1.89. The number of carbonyl (C=O) groups is 2. The molecule has 0 saturated heterocycles. The highest BCUT2D eigenvalue weighted by Crippen LogP contribution is 2.15. The molecular formula is C15H23N3O2. The van der Waals surface area contributed by atoms with E-state index >= 15 is 0 Å². The second kappa shape index (κ2) is 7.05. The maximum atomic E-state index is 12.2. The van der Waals surface area contributed by atoms with Crippen molar-refractivity contribution in [2.24, 2.45) is 5.73 Å². The van der Waals surface area contributed by atoms with E-state index < -0.39 is 0 Å². The van der Waals surface area contributed by atoms with Crippen LogP contribution in [0.4, 0.5) is 5.69 Å². The number of carbonyl (C=O) groups excluding carboxylic acids is 2. The third-order valence-electron chi connectivity index (χ3n) is 3.59. The molecule has 0 bridgehead atoms. The molecule has 5 heteroatoms. The lowest BCUT2D eigenvalue weighted by Crippen LogP contribution is -2.52. The largest absolute Gasteiger partial charge is 0.345 e. The number of nitrogens with one attached hydrogen (secondary N) is 2. The van der Waals surface area contributed by atoms with Gasteiger partial charge in [-0.25, -0.2) is 0 Å². The summed E-state index contributed by atoms with van der Waals surface area (Å²) in [5.74, 6) is -0.283. The number of amides is 2. The summed E-state index contributed by atoms with van der Waals surface area (Å²) in [4.78, 5) is 23.1. The number of hydrogen-bond acceptors (Lipinski definition) is 3. The van der Waals surface area contributed by atoms with Gasteiger partial charge in [0, 0.05) is 24.7 Å². The first-order valence-corrected chi connectivity index (χ1v) is 6.86. The molecule has 1 aromatic rings. The van der Waals surface area contributed by atoms with Gasteiger partial charge in [-0.2, -0.15) is 0 Å². The predicted molar refractivity (Wildman–Crippen MR) is 80.6 cm³/mol. The molecule has 0 aliphatic rings. The first-order valence-electron chi connectivity index (χ1n) is 6.86. The highest BCUT2D eigenvalue weighted by Gasteiger charge is 2.26. The highest BCUT2D eigenvalue weighted by molar-refractivity contribution is 5.95. The molecule has 0 radical (unpaired) electrons. The van der Waals surface area contributed by atoms with Crippen molar-refractivity contribution in [2.45, 2.75) is 39.2 Å². The SMILES string of the molecule is CCC(CC)(CN)NC(=O)c1ccc(NC(C)=O)cc1. The Morgan fingerprint density at radius 2 is 1.70 bits per heavy atom. The van der Waals surface area contributed by atoms with Gasteiger partial charge >= 0.3 is 0 Å².